The summed E-state index contributed by atoms with van der Waals surface area (Å²) in [7, 11) is 0. The van der Waals surface area contributed by atoms with Crippen LogP contribution in [0.25, 0.3) is 0 Å². The highest BCUT2D eigenvalue weighted by molar-refractivity contribution is 7.99. The van der Waals surface area contributed by atoms with Gasteiger partial charge in [-0.05, 0) is 38.7 Å². The molecule has 7 nitrogen and oxygen atoms in total. The van der Waals surface area contributed by atoms with E-state index in [1.807, 2.05) is 76.2 Å². The van der Waals surface area contributed by atoms with Crippen LogP contribution in [0.4, 0.5) is 5.95 Å². The normalized spacial score (nSPS) is 15.2. The van der Waals surface area contributed by atoms with Crippen LogP contribution in [0.2, 0.25) is 5.02 Å². The fraction of sp³-hybridized carbons (Fsp3) is 0.320. The molecule has 0 bridgehead atoms. The number of para-hydroxylation sites is 1. The van der Waals surface area contributed by atoms with Crippen molar-refractivity contribution in [2.45, 2.75) is 51.6 Å². The highest BCUT2D eigenvalue weighted by Crippen LogP contribution is 2.40. The van der Waals surface area contributed by atoms with Crippen LogP contribution in [0.3, 0.4) is 0 Å². The molecule has 9 heteroatoms. The van der Waals surface area contributed by atoms with E-state index >= 15 is 0 Å². The van der Waals surface area contributed by atoms with Gasteiger partial charge in [-0.25, -0.2) is 9.48 Å². The van der Waals surface area contributed by atoms with Gasteiger partial charge in [0, 0.05) is 21.8 Å². The molecule has 1 unspecified atom stereocenters. The predicted octanol–water partition coefficient (Wildman–Crippen LogP) is 5.86. The molecule has 0 fully saturated rings. The number of carbonyl (C=O) groups is 1. The number of hydrogen-bond acceptors (Lipinski definition) is 7. The van der Waals surface area contributed by atoms with Gasteiger partial charge in [-0.2, -0.15) is 4.98 Å². The Hall–Kier alpha value is -2.97. The molecule has 178 valence electrons. The Morgan fingerprint density at radius 2 is 1.94 bits per heavy atom. The third-order valence-electron chi connectivity index (χ3n) is 5.22. The standard InChI is InChI=1S/C25H27ClN4O3S/c1-5-34-25-28-24-27-16(4)21(23(31)33-15(2)3)22(30(24)29-25)18-11-7-9-13-20(18)32-14-17-10-6-8-12-19(17)26/h6-13,15,22H,5,14H2,1-4H3,(H,27,28,29). The van der Waals surface area contributed by atoms with Crippen molar-refractivity contribution < 1.29 is 14.3 Å². The first-order valence-electron chi connectivity index (χ1n) is 11.1. The van der Waals surface area contributed by atoms with Gasteiger partial charge in [0.1, 0.15) is 18.4 Å². The van der Waals surface area contributed by atoms with E-state index in [1.54, 1.807) is 4.68 Å². The lowest BCUT2D eigenvalue weighted by molar-refractivity contribution is -0.143. The molecular weight excluding hydrogens is 472 g/mol. The van der Waals surface area contributed by atoms with Crippen LogP contribution in [-0.4, -0.2) is 32.6 Å². The van der Waals surface area contributed by atoms with Gasteiger partial charge in [-0.1, -0.05) is 66.7 Å². The first-order chi connectivity index (χ1) is 16.4. The van der Waals surface area contributed by atoms with Gasteiger partial charge < -0.3 is 14.8 Å². The zero-order valence-corrected chi connectivity index (χ0v) is 21.1. The van der Waals surface area contributed by atoms with E-state index in [9.17, 15) is 4.79 Å². The highest BCUT2D eigenvalue weighted by Gasteiger charge is 2.37. The van der Waals surface area contributed by atoms with Crippen molar-refractivity contribution in [3.8, 4) is 5.75 Å². The monoisotopic (exact) mass is 498 g/mol. The minimum absolute atomic E-state index is 0.261. The topological polar surface area (TPSA) is 78.3 Å². The highest BCUT2D eigenvalue weighted by atomic mass is 35.5. The molecule has 3 aromatic rings. The lowest BCUT2D eigenvalue weighted by atomic mass is 9.95. The zero-order valence-electron chi connectivity index (χ0n) is 19.5. The average Bonchev–Trinajstić information content (AvgIpc) is 3.19. The molecule has 0 saturated heterocycles. The SMILES string of the molecule is CCSc1nc2n(n1)C(c1ccccc1OCc1ccccc1Cl)C(C(=O)OC(C)C)=C(C)N2. The van der Waals surface area contributed by atoms with Gasteiger partial charge in [0.25, 0.3) is 0 Å². The van der Waals surface area contributed by atoms with Crippen LogP contribution in [0.1, 0.15) is 44.9 Å². The Morgan fingerprint density at radius 1 is 1.21 bits per heavy atom. The predicted molar refractivity (Wildman–Crippen MR) is 134 cm³/mol. The van der Waals surface area contributed by atoms with Crippen molar-refractivity contribution in [1.82, 2.24) is 14.8 Å². The number of fused-ring (bicyclic) bond motifs is 1. The first kappa shape index (κ1) is 24.2. The van der Waals surface area contributed by atoms with Crippen molar-refractivity contribution in [2.75, 3.05) is 11.1 Å². The molecule has 0 spiro atoms. The Bertz CT molecular complexity index is 1220. The number of hydrogen-bond donors (Lipinski definition) is 1. The number of anilines is 1. The number of thioether (sulfide) groups is 1. The molecule has 2 heterocycles. The molecule has 34 heavy (non-hydrogen) atoms. The Labute approximate surface area is 208 Å². The molecule has 1 aromatic heterocycles. The molecule has 0 saturated carbocycles. The van der Waals surface area contributed by atoms with Crippen molar-refractivity contribution in [3.05, 3.63) is 76.0 Å². The van der Waals surface area contributed by atoms with Crippen LogP contribution >= 0.6 is 23.4 Å². The summed E-state index contributed by atoms with van der Waals surface area (Å²) >= 11 is 7.87. The molecular formula is C25H27ClN4O3S. The van der Waals surface area contributed by atoms with Gasteiger partial charge in [-0.15, -0.1) is 5.10 Å². The molecule has 2 aromatic carbocycles. The lowest BCUT2D eigenvalue weighted by Gasteiger charge is -2.29. The summed E-state index contributed by atoms with van der Waals surface area (Å²) in [6, 6.07) is 14.6. The third kappa shape index (κ3) is 5.08. The van der Waals surface area contributed by atoms with Crippen molar-refractivity contribution >= 4 is 35.3 Å². The van der Waals surface area contributed by atoms with Gasteiger partial charge in [0.15, 0.2) is 0 Å². The number of carbonyl (C=O) groups excluding carboxylic acids is 1. The van der Waals surface area contributed by atoms with Crippen LogP contribution in [0.5, 0.6) is 5.75 Å². The molecule has 1 atom stereocenters. The number of aromatic nitrogens is 3. The summed E-state index contributed by atoms with van der Waals surface area (Å²) in [5, 5.41) is 9.20. The van der Waals surface area contributed by atoms with E-state index in [0.717, 1.165) is 16.9 Å². The van der Waals surface area contributed by atoms with Crippen LogP contribution in [0.15, 0.2) is 65.0 Å². The van der Waals surface area contributed by atoms with Crippen LogP contribution in [-0.2, 0) is 16.1 Å². The zero-order chi connectivity index (χ0) is 24.2. The summed E-state index contributed by atoms with van der Waals surface area (Å²) < 4.78 is 13.6. The summed E-state index contributed by atoms with van der Waals surface area (Å²) in [5.41, 5.74) is 2.79. The Morgan fingerprint density at radius 3 is 2.68 bits per heavy atom. The smallest absolute Gasteiger partial charge is 0.338 e. The number of nitrogens with zero attached hydrogens (tertiary/aromatic N) is 3. The van der Waals surface area contributed by atoms with E-state index in [-0.39, 0.29) is 12.7 Å². The van der Waals surface area contributed by atoms with Gasteiger partial charge in [0.05, 0.1) is 11.7 Å². The summed E-state index contributed by atoms with van der Waals surface area (Å²) in [6.07, 6.45) is -0.261. The number of allylic oxidation sites excluding steroid dienone is 1. The number of benzene rings is 2. The Kier molecular flexibility index (Phi) is 7.48. The number of ether oxygens (including phenoxy) is 2. The second kappa shape index (κ2) is 10.5. The largest absolute Gasteiger partial charge is 0.488 e. The van der Waals surface area contributed by atoms with Gasteiger partial charge >= 0.3 is 5.97 Å². The van der Waals surface area contributed by atoms with Crippen molar-refractivity contribution in [2.24, 2.45) is 0 Å². The minimum Gasteiger partial charge on any atom is -0.488 e. The Balaban J connectivity index is 1.78. The van der Waals surface area contributed by atoms with Gasteiger partial charge in [0.2, 0.25) is 11.1 Å². The van der Waals surface area contributed by atoms with Crippen molar-refractivity contribution in [1.29, 1.82) is 0 Å². The summed E-state index contributed by atoms with van der Waals surface area (Å²) in [5.74, 6) is 1.63. The quantitative estimate of drug-likeness (QED) is 0.307. The van der Waals surface area contributed by atoms with Gasteiger partial charge in [-0.3, -0.25) is 0 Å². The van der Waals surface area contributed by atoms with E-state index in [0.29, 0.717) is 33.1 Å². The van der Waals surface area contributed by atoms with E-state index < -0.39 is 12.0 Å². The van der Waals surface area contributed by atoms with E-state index in [2.05, 4.69) is 10.3 Å². The van der Waals surface area contributed by atoms with Crippen LogP contribution < -0.4 is 10.1 Å². The lowest BCUT2D eigenvalue weighted by Crippen LogP contribution is -2.31. The number of nitrogens with one attached hydrogen (secondary N) is 1. The van der Waals surface area contributed by atoms with Crippen molar-refractivity contribution in [3.63, 3.8) is 0 Å². The average molecular weight is 499 g/mol. The molecule has 0 aliphatic carbocycles. The summed E-state index contributed by atoms with van der Waals surface area (Å²) in [4.78, 5) is 17.9. The maximum atomic E-state index is 13.2. The number of halogens is 1. The molecule has 1 aliphatic rings. The molecule has 4 rings (SSSR count). The van der Waals surface area contributed by atoms with E-state index in [4.69, 9.17) is 26.2 Å². The summed E-state index contributed by atoms with van der Waals surface area (Å²) in [6.45, 7) is 7.84. The van der Waals surface area contributed by atoms with Crippen LogP contribution in [0, 0.1) is 0 Å². The maximum Gasteiger partial charge on any atom is 0.338 e. The second-order valence-electron chi connectivity index (χ2n) is 8.03. The first-order valence-corrected chi connectivity index (χ1v) is 12.5. The second-order valence-corrected chi connectivity index (χ2v) is 9.67. The molecule has 0 radical (unpaired) electrons. The van der Waals surface area contributed by atoms with E-state index in [1.165, 1.54) is 11.8 Å². The molecule has 1 aliphatic heterocycles. The fourth-order valence-electron chi connectivity index (χ4n) is 3.76. The third-order valence-corrected chi connectivity index (χ3v) is 6.31. The number of esters is 1. The fourth-order valence-corrected chi connectivity index (χ4v) is 4.51. The number of rotatable bonds is 8. The maximum absolute atomic E-state index is 13.2. The molecule has 1 N–H and O–H groups in total. The minimum atomic E-state index is -0.566. The molecule has 0 amide bonds.